The Labute approximate surface area is 160 Å². The zero-order valence-corrected chi connectivity index (χ0v) is 15.5. The molecule has 0 spiro atoms. The number of carbonyl (C=O) groups excluding carboxylic acids is 2. The van der Waals surface area contributed by atoms with Gasteiger partial charge >= 0.3 is 0 Å². The molecule has 3 aromatic rings. The highest BCUT2D eigenvalue weighted by Crippen LogP contribution is 2.23. The van der Waals surface area contributed by atoms with Crippen molar-refractivity contribution in [2.45, 2.75) is 5.22 Å². The van der Waals surface area contributed by atoms with E-state index in [0.29, 0.717) is 43.7 Å². The number of thioether (sulfide) groups is 1. The second-order valence-electron chi connectivity index (χ2n) is 6.29. The van der Waals surface area contributed by atoms with Crippen LogP contribution in [0.15, 0.2) is 56.7 Å². The fourth-order valence-electron chi connectivity index (χ4n) is 3.00. The fourth-order valence-corrected chi connectivity index (χ4v) is 3.74. The van der Waals surface area contributed by atoms with Crippen molar-refractivity contribution in [3.63, 3.8) is 0 Å². The number of benzene rings is 1. The zero-order chi connectivity index (χ0) is 18.6. The molecule has 1 amide bonds. The summed E-state index contributed by atoms with van der Waals surface area (Å²) in [4.78, 5) is 32.8. The molecule has 0 atom stereocenters. The van der Waals surface area contributed by atoms with Crippen molar-refractivity contribution in [3.05, 3.63) is 48.4 Å². The van der Waals surface area contributed by atoms with Crippen LogP contribution in [0.4, 0.5) is 0 Å². The highest BCUT2D eigenvalue weighted by molar-refractivity contribution is 7.99. The van der Waals surface area contributed by atoms with Gasteiger partial charge in [0.15, 0.2) is 11.3 Å². The normalized spacial score (nSPS) is 15.3. The first-order valence-electron chi connectivity index (χ1n) is 8.74. The van der Waals surface area contributed by atoms with Crippen LogP contribution in [0, 0.1) is 0 Å². The van der Waals surface area contributed by atoms with Crippen molar-refractivity contribution >= 4 is 34.6 Å². The minimum absolute atomic E-state index is 0.0358. The topological polar surface area (TPSA) is 79.8 Å². The third-order valence-electron chi connectivity index (χ3n) is 4.48. The molecule has 140 valence electrons. The molecule has 0 saturated carbocycles. The number of carbonyl (C=O) groups is 2. The molecule has 0 unspecified atom stereocenters. The predicted molar refractivity (Wildman–Crippen MR) is 101 cm³/mol. The molecule has 0 aliphatic carbocycles. The minimum atomic E-state index is -0.0358. The van der Waals surface area contributed by atoms with Crippen molar-refractivity contribution in [1.82, 2.24) is 14.8 Å². The average Bonchev–Trinajstić information content (AvgIpc) is 3.36. The second-order valence-corrected chi connectivity index (χ2v) is 7.22. The Kier molecular flexibility index (Phi) is 5.26. The molecule has 1 aromatic carbocycles. The van der Waals surface area contributed by atoms with E-state index in [1.807, 2.05) is 34.1 Å². The van der Waals surface area contributed by atoms with Crippen LogP contribution in [0.5, 0.6) is 0 Å². The lowest BCUT2D eigenvalue weighted by Gasteiger charge is -2.34. The Morgan fingerprint density at radius 2 is 1.89 bits per heavy atom. The molecular weight excluding hydrogens is 366 g/mol. The highest BCUT2D eigenvalue weighted by atomic mass is 32.2. The Hall–Kier alpha value is -2.58. The summed E-state index contributed by atoms with van der Waals surface area (Å²) in [5.41, 5.74) is 1.52. The van der Waals surface area contributed by atoms with Crippen LogP contribution in [0.3, 0.4) is 0 Å². The van der Waals surface area contributed by atoms with Crippen LogP contribution < -0.4 is 0 Å². The molecule has 1 aliphatic heterocycles. The molecular formula is C19H19N3O4S. The maximum atomic E-state index is 12.4. The van der Waals surface area contributed by atoms with Gasteiger partial charge in [0.05, 0.1) is 18.6 Å². The molecule has 3 heterocycles. The van der Waals surface area contributed by atoms with Gasteiger partial charge in [0.25, 0.3) is 5.22 Å². The number of amides is 1. The SMILES string of the molecule is O=C(CN1CCN(C(=O)CSc2nc3ccccc3o2)CC1)c1ccco1. The van der Waals surface area contributed by atoms with Gasteiger partial charge in [0.1, 0.15) is 5.52 Å². The Morgan fingerprint density at radius 3 is 2.63 bits per heavy atom. The van der Waals surface area contributed by atoms with E-state index in [9.17, 15) is 9.59 Å². The van der Waals surface area contributed by atoms with Gasteiger partial charge in [-0.2, -0.15) is 0 Å². The smallest absolute Gasteiger partial charge is 0.257 e. The summed E-state index contributed by atoms with van der Waals surface area (Å²) in [5, 5.41) is 0.507. The number of piperazine rings is 1. The number of ketones is 1. The largest absolute Gasteiger partial charge is 0.461 e. The number of furan rings is 1. The number of nitrogens with zero attached hydrogens (tertiary/aromatic N) is 3. The molecule has 1 saturated heterocycles. The van der Waals surface area contributed by atoms with Gasteiger partial charge in [-0.05, 0) is 24.3 Å². The molecule has 2 aromatic heterocycles. The number of para-hydroxylation sites is 2. The maximum Gasteiger partial charge on any atom is 0.257 e. The van der Waals surface area contributed by atoms with Gasteiger partial charge < -0.3 is 13.7 Å². The standard InChI is InChI=1S/C19H19N3O4S/c23-15(17-6-3-11-25-17)12-21-7-9-22(10-8-21)18(24)13-27-19-20-14-4-1-2-5-16(14)26-19/h1-6,11H,7-10,12-13H2. The molecule has 27 heavy (non-hydrogen) atoms. The summed E-state index contributed by atoms with van der Waals surface area (Å²) < 4.78 is 10.8. The number of hydrogen-bond donors (Lipinski definition) is 0. The minimum Gasteiger partial charge on any atom is -0.461 e. The highest BCUT2D eigenvalue weighted by Gasteiger charge is 2.23. The summed E-state index contributed by atoms with van der Waals surface area (Å²) >= 11 is 1.31. The van der Waals surface area contributed by atoms with Crippen LogP contribution in [0.1, 0.15) is 10.6 Å². The van der Waals surface area contributed by atoms with E-state index >= 15 is 0 Å². The van der Waals surface area contributed by atoms with E-state index < -0.39 is 0 Å². The van der Waals surface area contributed by atoms with E-state index in [1.165, 1.54) is 18.0 Å². The van der Waals surface area contributed by atoms with E-state index in [0.717, 1.165) is 11.1 Å². The molecule has 0 bridgehead atoms. The first-order valence-corrected chi connectivity index (χ1v) is 9.73. The van der Waals surface area contributed by atoms with Crippen molar-refractivity contribution in [3.8, 4) is 0 Å². The number of hydrogen-bond acceptors (Lipinski definition) is 7. The second kappa shape index (κ2) is 7.98. The lowest BCUT2D eigenvalue weighted by Crippen LogP contribution is -2.50. The number of aromatic nitrogens is 1. The van der Waals surface area contributed by atoms with Crippen molar-refractivity contribution < 1.29 is 18.4 Å². The summed E-state index contributed by atoms with van der Waals surface area (Å²) in [5.74, 6) is 0.687. The van der Waals surface area contributed by atoms with Gasteiger partial charge in [-0.25, -0.2) is 4.98 Å². The lowest BCUT2D eigenvalue weighted by atomic mass is 10.2. The van der Waals surface area contributed by atoms with Gasteiger partial charge in [-0.3, -0.25) is 14.5 Å². The van der Waals surface area contributed by atoms with Gasteiger partial charge in [-0.15, -0.1) is 0 Å². The number of oxazole rings is 1. The number of Topliss-reactive ketones (excluding diaryl/α,β-unsaturated/α-hetero) is 1. The van der Waals surface area contributed by atoms with E-state index in [-0.39, 0.29) is 17.4 Å². The Balaban J connectivity index is 1.24. The quantitative estimate of drug-likeness (QED) is 0.476. The molecule has 7 nitrogen and oxygen atoms in total. The molecule has 4 rings (SSSR count). The number of fused-ring (bicyclic) bond motifs is 1. The average molecular weight is 385 g/mol. The zero-order valence-electron chi connectivity index (χ0n) is 14.7. The molecule has 1 fully saturated rings. The Bertz CT molecular complexity index is 896. The number of rotatable bonds is 6. The third-order valence-corrected chi connectivity index (χ3v) is 5.29. The van der Waals surface area contributed by atoms with Crippen LogP contribution in [0.25, 0.3) is 11.1 Å². The summed E-state index contributed by atoms with van der Waals surface area (Å²) in [7, 11) is 0. The van der Waals surface area contributed by atoms with Gasteiger partial charge in [0, 0.05) is 26.2 Å². The van der Waals surface area contributed by atoms with Crippen LogP contribution in [0.2, 0.25) is 0 Å². The summed E-state index contributed by atoms with van der Waals surface area (Å²) in [6.07, 6.45) is 1.50. The lowest BCUT2D eigenvalue weighted by molar-refractivity contribution is -0.129. The summed E-state index contributed by atoms with van der Waals surface area (Å²) in [6.45, 7) is 2.88. The van der Waals surface area contributed by atoms with Crippen LogP contribution in [-0.2, 0) is 4.79 Å². The molecule has 0 N–H and O–H groups in total. The van der Waals surface area contributed by atoms with Crippen molar-refractivity contribution in [2.75, 3.05) is 38.5 Å². The first-order chi connectivity index (χ1) is 13.2. The third kappa shape index (κ3) is 4.23. The van der Waals surface area contributed by atoms with Crippen LogP contribution in [-0.4, -0.2) is 65.0 Å². The molecule has 0 radical (unpaired) electrons. The fraction of sp³-hybridized carbons (Fsp3) is 0.316. The monoisotopic (exact) mass is 385 g/mol. The Morgan fingerprint density at radius 1 is 1.07 bits per heavy atom. The van der Waals surface area contributed by atoms with Crippen LogP contribution >= 0.6 is 11.8 Å². The van der Waals surface area contributed by atoms with Crippen molar-refractivity contribution in [2.24, 2.45) is 0 Å². The molecule has 8 heteroatoms. The van der Waals surface area contributed by atoms with E-state index in [2.05, 4.69) is 4.98 Å². The maximum absolute atomic E-state index is 12.4. The van der Waals surface area contributed by atoms with Gasteiger partial charge in [-0.1, -0.05) is 23.9 Å². The van der Waals surface area contributed by atoms with E-state index in [4.69, 9.17) is 8.83 Å². The van der Waals surface area contributed by atoms with Gasteiger partial charge in [0.2, 0.25) is 11.7 Å². The van der Waals surface area contributed by atoms with E-state index in [1.54, 1.807) is 12.1 Å². The molecule has 1 aliphatic rings. The van der Waals surface area contributed by atoms with Crippen molar-refractivity contribution in [1.29, 1.82) is 0 Å². The summed E-state index contributed by atoms with van der Waals surface area (Å²) in [6, 6.07) is 10.9. The first kappa shape index (κ1) is 17.8. The predicted octanol–water partition coefficient (Wildman–Crippen LogP) is 2.54.